The lowest BCUT2D eigenvalue weighted by Gasteiger charge is -2.26. The van der Waals surface area contributed by atoms with E-state index in [0.29, 0.717) is 26.3 Å². The van der Waals surface area contributed by atoms with Gasteiger partial charge < -0.3 is 15.0 Å². The average Bonchev–Trinajstić information content (AvgIpc) is 2.62. The number of amides is 1. The number of nitriles is 1. The number of carbonyl (C=O) groups is 1. The second-order valence-corrected chi connectivity index (χ2v) is 5.52. The van der Waals surface area contributed by atoms with E-state index in [1.807, 2.05) is 18.2 Å². The van der Waals surface area contributed by atoms with Crippen molar-refractivity contribution in [3.8, 4) is 6.07 Å². The van der Waals surface area contributed by atoms with Crippen LogP contribution in [-0.4, -0.2) is 37.1 Å². The largest absolute Gasteiger partial charge is 0.378 e. The van der Waals surface area contributed by atoms with E-state index in [9.17, 15) is 10.1 Å². The predicted octanol–water partition coefficient (Wildman–Crippen LogP) is 2.71. The molecule has 0 aromatic heterocycles. The minimum atomic E-state index is -0.247. The van der Waals surface area contributed by atoms with Gasteiger partial charge in [0.05, 0.1) is 13.2 Å². The fourth-order valence-electron chi connectivity index (χ4n) is 2.38. The van der Waals surface area contributed by atoms with E-state index in [1.165, 1.54) is 24.6 Å². The Morgan fingerprint density at radius 3 is 2.65 bits per heavy atom. The number of nitrogens with zero attached hydrogens (tertiary/aromatic N) is 2. The molecular formula is C18H23N3O2. The van der Waals surface area contributed by atoms with Crippen molar-refractivity contribution in [2.24, 2.45) is 0 Å². The second-order valence-electron chi connectivity index (χ2n) is 5.52. The number of ether oxygens (including phenoxy) is 1. The summed E-state index contributed by atoms with van der Waals surface area (Å²) in [7, 11) is 0. The van der Waals surface area contributed by atoms with Crippen LogP contribution in [-0.2, 0) is 16.0 Å². The molecule has 0 aliphatic carbocycles. The summed E-state index contributed by atoms with van der Waals surface area (Å²) in [6.07, 6.45) is 4.92. The highest BCUT2D eigenvalue weighted by Gasteiger charge is 2.20. The molecule has 1 amide bonds. The summed E-state index contributed by atoms with van der Waals surface area (Å²) in [5.41, 5.74) is 2.28. The van der Waals surface area contributed by atoms with E-state index >= 15 is 0 Å². The first kappa shape index (κ1) is 17.0. The van der Waals surface area contributed by atoms with Crippen LogP contribution in [0.3, 0.4) is 0 Å². The van der Waals surface area contributed by atoms with Crippen LogP contribution in [0.5, 0.6) is 0 Å². The molecule has 1 aliphatic rings. The van der Waals surface area contributed by atoms with Crippen molar-refractivity contribution >= 4 is 11.6 Å². The summed E-state index contributed by atoms with van der Waals surface area (Å²) in [5, 5.41) is 12.2. The first-order valence-electron chi connectivity index (χ1n) is 8.07. The third kappa shape index (κ3) is 5.11. The van der Waals surface area contributed by atoms with E-state index in [2.05, 4.69) is 24.4 Å². The number of hydrogen-bond acceptors (Lipinski definition) is 4. The lowest BCUT2D eigenvalue weighted by atomic mass is 10.1. The number of aryl methyl sites for hydroxylation is 1. The predicted molar refractivity (Wildman–Crippen MR) is 89.8 cm³/mol. The maximum Gasteiger partial charge on any atom is 0.266 e. The van der Waals surface area contributed by atoms with Gasteiger partial charge in [0.25, 0.3) is 5.91 Å². The fourth-order valence-corrected chi connectivity index (χ4v) is 2.38. The first-order valence-corrected chi connectivity index (χ1v) is 8.07. The molecule has 0 bridgehead atoms. The van der Waals surface area contributed by atoms with E-state index in [4.69, 9.17) is 4.74 Å². The summed E-state index contributed by atoms with van der Waals surface area (Å²) in [4.78, 5) is 13.9. The van der Waals surface area contributed by atoms with Crippen molar-refractivity contribution in [3.05, 3.63) is 41.6 Å². The third-order valence-electron chi connectivity index (χ3n) is 3.81. The van der Waals surface area contributed by atoms with Gasteiger partial charge in [-0.1, -0.05) is 25.5 Å². The van der Waals surface area contributed by atoms with Gasteiger partial charge in [-0.25, -0.2) is 0 Å². The Kier molecular flexibility index (Phi) is 6.64. The maximum atomic E-state index is 12.3. The van der Waals surface area contributed by atoms with E-state index in [1.54, 1.807) is 4.90 Å². The Morgan fingerprint density at radius 1 is 1.35 bits per heavy atom. The van der Waals surface area contributed by atoms with Crippen LogP contribution >= 0.6 is 0 Å². The highest BCUT2D eigenvalue weighted by Crippen LogP contribution is 2.13. The molecule has 0 unspecified atom stereocenters. The van der Waals surface area contributed by atoms with Gasteiger partial charge in [0.2, 0.25) is 0 Å². The van der Waals surface area contributed by atoms with Crippen molar-refractivity contribution < 1.29 is 9.53 Å². The van der Waals surface area contributed by atoms with Gasteiger partial charge in [0.1, 0.15) is 11.6 Å². The molecular weight excluding hydrogens is 290 g/mol. The summed E-state index contributed by atoms with van der Waals surface area (Å²) < 4.78 is 5.22. The molecule has 1 saturated heterocycles. The van der Waals surface area contributed by atoms with Gasteiger partial charge in [-0.3, -0.25) is 4.79 Å². The van der Waals surface area contributed by atoms with Crippen molar-refractivity contribution in [1.82, 2.24) is 4.90 Å². The third-order valence-corrected chi connectivity index (χ3v) is 3.81. The number of hydrogen-bond donors (Lipinski definition) is 1. The number of carbonyl (C=O) groups excluding carboxylic acids is 1. The normalized spacial score (nSPS) is 15.1. The highest BCUT2D eigenvalue weighted by molar-refractivity contribution is 5.97. The molecule has 2 rings (SSSR count). The molecule has 0 atom stereocenters. The minimum Gasteiger partial charge on any atom is -0.378 e. The molecule has 0 saturated carbocycles. The van der Waals surface area contributed by atoms with Gasteiger partial charge in [0, 0.05) is 25.0 Å². The maximum absolute atomic E-state index is 12.3. The van der Waals surface area contributed by atoms with Gasteiger partial charge in [-0.2, -0.15) is 5.26 Å². The Hall–Kier alpha value is -2.32. The number of benzene rings is 1. The van der Waals surface area contributed by atoms with Gasteiger partial charge in [-0.15, -0.1) is 0 Å². The molecule has 0 radical (unpaired) electrons. The van der Waals surface area contributed by atoms with Crippen molar-refractivity contribution in [2.45, 2.75) is 26.2 Å². The van der Waals surface area contributed by atoms with Crippen LogP contribution in [0.25, 0.3) is 0 Å². The smallest absolute Gasteiger partial charge is 0.266 e. The first-order chi connectivity index (χ1) is 11.2. The van der Waals surface area contributed by atoms with Crippen molar-refractivity contribution in [2.75, 3.05) is 31.6 Å². The summed E-state index contributed by atoms with van der Waals surface area (Å²) in [5.74, 6) is -0.247. The molecule has 1 heterocycles. The molecule has 1 aromatic rings. The summed E-state index contributed by atoms with van der Waals surface area (Å²) >= 11 is 0. The molecule has 1 N–H and O–H groups in total. The molecule has 5 nitrogen and oxygen atoms in total. The Morgan fingerprint density at radius 2 is 2.04 bits per heavy atom. The number of unbranched alkanes of at least 4 members (excludes halogenated alkanes) is 1. The van der Waals surface area contributed by atoms with E-state index in [0.717, 1.165) is 12.1 Å². The van der Waals surface area contributed by atoms with E-state index < -0.39 is 0 Å². The van der Waals surface area contributed by atoms with Crippen LogP contribution in [0.4, 0.5) is 5.69 Å². The SMILES string of the molecule is CCCCc1ccc(N/C=C(/C#N)C(=O)N2CCOCC2)cc1. The molecule has 1 aromatic carbocycles. The summed E-state index contributed by atoms with van der Waals surface area (Å²) in [6.45, 7) is 4.29. The summed E-state index contributed by atoms with van der Waals surface area (Å²) in [6, 6.07) is 10.1. The van der Waals surface area contributed by atoms with E-state index in [-0.39, 0.29) is 11.5 Å². The monoisotopic (exact) mass is 313 g/mol. The Labute approximate surface area is 137 Å². The molecule has 23 heavy (non-hydrogen) atoms. The number of rotatable bonds is 6. The molecule has 0 spiro atoms. The average molecular weight is 313 g/mol. The van der Waals surface area contributed by atoms with Crippen molar-refractivity contribution in [3.63, 3.8) is 0 Å². The molecule has 1 fully saturated rings. The van der Waals surface area contributed by atoms with Gasteiger partial charge in [0.15, 0.2) is 0 Å². The Bertz CT molecular complexity index is 581. The molecule has 5 heteroatoms. The van der Waals surface area contributed by atoms with Crippen LogP contribution in [0.1, 0.15) is 25.3 Å². The zero-order valence-corrected chi connectivity index (χ0v) is 13.5. The van der Waals surface area contributed by atoms with Gasteiger partial charge >= 0.3 is 0 Å². The topological polar surface area (TPSA) is 65.4 Å². The molecule has 122 valence electrons. The zero-order valence-electron chi connectivity index (χ0n) is 13.5. The van der Waals surface area contributed by atoms with Crippen molar-refractivity contribution in [1.29, 1.82) is 5.26 Å². The van der Waals surface area contributed by atoms with Crippen LogP contribution in [0.15, 0.2) is 36.0 Å². The zero-order chi connectivity index (χ0) is 16.5. The second kappa shape index (κ2) is 8.96. The minimum absolute atomic E-state index is 0.113. The Balaban J connectivity index is 1.96. The standard InChI is InChI=1S/C18H23N3O2/c1-2-3-4-15-5-7-17(8-6-15)20-14-16(13-19)18(22)21-9-11-23-12-10-21/h5-8,14,20H,2-4,9-12H2,1H3/b16-14-. The number of nitrogens with one attached hydrogen (secondary N) is 1. The lowest BCUT2D eigenvalue weighted by Crippen LogP contribution is -2.41. The number of anilines is 1. The number of morpholine rings is 1. The highest BCUT2D eigenvalue weighted by atomic mass is 16.5. The molecule has 1 aliphatic heterocycles. The van der Waals surface area contributed by atoms with Gasteiger partial charge in [-0.05, 0) is 30.5 Å². The van der Waals surface area contributed by atoms with Crippen LogP contribution in [0, 0.1) is 11.3 Å². The quantitative estimate of drug-likeness (QED) is 0.648. The fraction of sp³-hybridized carbons (Fsp3) is 0.444. The van der Waals surface area contributed by atoms with Crippen LogP contribution in [0.2, 0.25) is 0 Å². The lowest BCUT2D eigenvalue weighted by molar-refractivity contribution is -0.130. The van der Waals surface area contributed by atoms with Crippen LogP contribution < -0.4 is 5.32 Å².